The first-order valence-corrected chi connectivity index (χ1v) is 9.10. The molecule has 0 spiro atoms. The van der Waals surface area contributed by atoms with E-state index in [0.717, 1.165) is 30.9 Å². The third kappa shape index (κ3) is 4.30. The van der Waals surface area contributed by atoms with Crippen molar-refractivity contribution < 1.29 is 9.84 Å². The first kappa shape index (κ1) is 17.6. The maximum absolute atomic E-state index is 10.9. The number of nitrogens with zero attached hydrogens (tertiary/aromatic N) is 4. The van der Waals surface area contributed by atoms with Crippen LogP contribution in [0.2, 0.25) is 0 Å². The second-order valence-corrected chi connectivity index (χ2v) is 6.83. The molecule has 1 fully saturated rings. The molecule has 1 aliphatic rings. The van der Waals surface area contributed by atoms with Crippen LogP contribution in [0.15, 0.2) is 67.3 Å². The minimum Gasteiger partial charge on any atom is -0.424 e. The summed E-state index contributed by atoms with van der Waals surface area (Å²) in [4.78, 5) is 14.6. The highest BCUT2D eigenvalue weighted by Crippen LogP contribution is 2.32. The van der Waals surface area contributed by atoms with Gasteiger partial charge in [-0.2, -0.15) is 0 Å². The molecule has 4 rings (SSSR count). The van der Waals surface area contributed by atoms with Crippen LogP contribution in [-0.4, -0.2) is 38.0 Å². The number of aromatic nitrogens is 3. The molecule has 138 valence electrons. The molecule has 6 nitrogen and oxygen atoms in total. The summed E-state index contributed by atoms with van der Waals surface area (Å²) < 4.78 is 5.62. The van der Waals surface area contributed by atoms with Crippen molar-refractivity contribution in [1.82, 2.24) is 19.9 Å². The molecule has 2 aromatic heterocycles. The summed E-state index contributed by atoms with van der Waals surface area (Å²) in [5.41, 5.74) is 1.36. The molecule has 1 N–H and O–H groups in total. The topological polar surface area (TPSA) is 71.4 Å². The van der Waals surface area contributed by atoms with Gasteiger partial charge < -0.3 is 9.84 Å². The van der Waals surface area contributed by atoms with Crippen molar-refractivity contribution in [2.75, 3.05) is 13.1 Å². The molecular weight excluding hydrogens is 340 g/mol. The van der Waals surface area contributed by atoms with Crippen molar-refractivity contribution in [2.24, 2.45) is 0 Å². The van der Waals surface area contributed by atoms with Crippen LogP contribution in [0.4, 0.5) is 0 Å². The number of piperidine rings is 1. The summed E-state index contributed by atoms with van der Waals surface area (Å²) in [7, 11) is 0. The van der Waals surface area contributed by atoms with Gasteiger partial charge in [-0.15, -0.1) is 0 Å². The molecule has 1 aliphatic heterocycles. The van der Waals surface area contributed by atoms with Gasteiger partial charge in [0, 0.05) is 50.0 Å². The van der Waals surface area contributed by atoms with Gasteiger partial charge in [0.15, 0.2) is 0 Å². The highest BCUT2D eigenvalue weighted by Gasteiger charge is 2.33. The predicted octanol–water partition coefficient (Wildman–Crippen LogP) is 3.15. The summed E-state index contributed by atoms with van der Waals surface area (Å²) in [6, 6.07) is 13.9. The monoisotopic (exact) mass is 362 g/mol. The Hall–Kier alpha value is -2.83. The summed E-state index contributed by atoms with van der Waals surface area (Å²) >= 11 is 0. The molecule has 3 heterocycles. The molecule has 3 aromatic rings. The average Bonchev–Trinajstić information content (AvgIpc) is 2.73. The number of hydrogen-bond donors (Lipinski definition) is 1. The molecule has 27 heavy (non-hydrogen) atoms. The number of rotatable bonds is 5. The second kappa shape index (κ2) is 7.82. The fraction of sp³-hybridized carbons (Fsp3) is 0.286. The number of benzene rings is 1. The Balaban J connectivity index is 1.33. The fourth-order valence-corrected chi connectivity index (χ4v) is 3.37. The Morgan fingerprint density at radius 1 is 0.963 bits per heavy atom. The van der Waals surface area contributed by atoms with E-state index in [1.165, 1.54) is 5.56 Å². The van der Waals surface area contributed by atoms with Gasteiger partial charge in [0.1, 0.15) is 5.75 Å². The molecule has 0 radical (unpaired) electrons. The van der Waals surface area contributed by atoms with E-state index in [4.69, 9.17) is 4.74 Å². The third-order valence-corrected chi connectivity index (χ3v) is 4.96. The van der Waals surface area contributed by atoms with Crippen molar-refractivity contribution in [3.05, 3.63) is 78.4 Å². The number of aliphatic hydroxyl groups is 1. The van der Waals surface area contributed by atoms with E-state index in [9.17, 15) is 5.11 Å². The number of pyridine rings is 1. The SMILES string of the molecule is OC1(c2cccnc2)CCN(Cc2ccc(Oc3ncccn3)cc2)CC1. The molecule has 0 aliphatic carbocycles. The Morgan fingerprint density at radius 2 is 1.70 bits per heavy atom. The zero-order valence-corrected chi connectivity index (χ0v) is 15.0. The van der Waals surface area contributed by atoms with Crippen molar-refractivity contribution in [3.63, 3.8) is 0 Å². The minimum atomic E-state index is -0.766. The van der Waals surface area contributed by atoms with Crippen molar-refractivity contribution in [1.29, 1.82) is 0 Å². The number of likely N-dealkylation sites (tertiary alicyclic amines) is 1. The highest BCUT2D eigenvalue weighted by atomic mass is 16.5. The van der Waals surface area contributed by atoms with Gasteiger partial charge in [-0.3, -0.25) is 9.88 Å². The molecule has 0 amide bonds. The van der Waals surface area contributed by atoms with Gasteiger partial charge in [0.25, 0.3) is 0 Å². The zero-order chi connectivity index (χ0) is 18.5. The van der Waals surface area contributed by atoms with Crippen LogP contribution in [0.25, 0.3) is 0 Å². The predicted molar refractivity (Wildman–Crippen MR) is 101 cm³/mol. The number of hydrogen-bond acceptors (Lipinski definition) is 6. The average molecular weight is 362 g/mol. The summed E-state index contributed by atoms with van der Waals surface area (Å²) in [5, 5.41) is 10.9. The van der Waals surface area contributed by atoms with Crippen molar-refractivity contribution in [3.8, 4) is 11.8 Å². The standard InChI is InChI=1S/C21H22N4O2/c26-21(18-3-1-10-22-15-18)8-13-25(14-9-21)16-17-4-6-19(7-5-17)27-20-23-11-2-12-24-20/h1-7,10-12,15,26H,8-9,13-14,16H2. The lowest BCUT2D eigenvalue weighted by Crippen LogP contribution is -2.42. The Bertz CT molecular complexity index is 848. The summed E-state index contributed by atoms with van der Waals surface area (Å²) in [6.45, 7) is 2.55. The molecular formula is C21H22N4O2. The Kier molecular flexibility index (Phi) is 5.09. The molecule has 6 heteroatoms. The van der Waals surface area contributed by atoms with Crippen LogP contribution in [0, 0.1) is 0 Å². The molecule has 1 aromatic carbocycles. The van der Waals surface area contributed by atoms with E-state index >= 15 is 0 Å². The van der Waals surface area contributed by atoms with Gasteiger partial charge >= 0.3 is 6.01 Å². The second-order valence-electron chi connectivity index (χ2n) is 6.83. The van der Waals surface area contributed by atoms with E-state index in [1.807, 2.05) is 24.3 Å². The molecule has 0 atom stereocenters. The lowest BCUT2D eigenvalue weighted by Gasteiger charge is -2.38. The van der Waals surface area contributed by atoms with E-state index < -0.39 is 5.60 Å². The minimum absolute atomic E-state index is 0.343. The molecule has 0 unspecified atom stereocenters. The van der Waals surface area contributed by atoms with Crippen molar-refractivity contribution >= 4 is 0 Å². The van der Waals surface area contributed by atoms with Crippen molar-refractivity contribution in [2.45, 2.75) is 25.0 Å². The molecule has 1 saturated heterocycles. The fourth-order valence-electron chi connectivity index (χ4n) is 3.37. The highest BCUT2D eigenvalue weighted by molar-refractivity contribution is 5.29. The van der Waals surface area contributed by atoms with Crippen LogP contribution in [0.5, 0.6) is 11.8 Å². The lowest BCUT2D eigenvalue weighted by molar-refractivity contribution is -0.0279. The normalized spacial score (nSPS) is 16.8. The Labute approximate surface area is 158 Å². The van der Waals surface area contributed by atoms with E-state index in [0.29, 0.717) is 18.9 Å². The zero-order valence-electron chi connectivity index (χ0n) is 15.0. The smallest absolute Gasteiger partial charge is 0.321 e. The molecule has 0 saturated carbocycles. The first-order valence-electron chi connectivity index (χ1n) is 9.10. The van der Waals surface area contributed by atoms with Gasteiger partial charge in [0.2, 0.25) is 0 Å². The van der Waals surface area contributed by atoms with Gasteiger partial charge in [-0.1, -0.05) is 18.2 Å². The maximum atomic E-state index is 10.9. The van der Waals surface area contributed by atoms with Gasteiger partial charge in [-0.25, -0.2) is 9.97 Å². The summed E-state index contributed by atoms with van der Waals surface area (Å²) in [5.74, 6) is 0.717. The molecule has 0 bridgehead atoms. The largest absolute Gasteiger partial charge is 0.424 e. The van der Waals surface area contributed by atoms with Gasteiger partial charge in [-0.05, 0) is 42.7 Å². The van der Waals surface area contributed by atoms with Gasteiger partial charge in [0.05, 0.1) is 5.60 Å². The number of ether oxygens (including phenoxy) is 1. The lowest BCUT2D eigenvalue weighted by atomic mass is 9.85. The Morgan fingerprint density at radius 3 is 2.37 bits per heavy atom. The maximum Gasteiger partial charge on any atom is 0.321 e. The van der Waals surface area contributed by atoms with Crippen LogP contribution in [-0.2, 0) is 12.1 Å². The van der Waals surface area contributed by atoms with Crippen LogP contribution in [0.3, 0.4) is 0 Å². The van der Waals surface area contributed by atoms with Crippen LogP contribution < -0.4 is 4.74 Å². The van der Waals surface area contributed by atoms with Crippen LogP contribution >= 0.6 is 0 Å². The summed E-state index contributed by atoms with van der Waals surface area (Å²) in [6.07, 6.45) is 8.24. The van der Waals surface area contributed by atoms with E-state index in [-0.39, 0.29) is 0 Å². The quantitative estimate of drug-likeness (QED) is 0.752. The van der Waals surface area contributed by atoms with Crippen LogP contribution in [0.1, 0.15) is 24.0 Å². The van der Waals surface area contributed by atoms with E-state index in [1.54, 1.807) is 30.9 Å². The first-order chi connectivity index (χ1) is 13.2. The van der Waals surface area contributed by atoms with E-state index in [2.05, 4.69) is 32.0 Å². The third-order valence-electron chi connectivity index (χ3n) is 4.96.